The van der Waals surface area contributed by atoms with Crippen LogP contribution in [0.1, 0.15) is 24.0 Å². The Balaban J connectivity index is 2.21. The van der Waals surface area contributed by atoms with Gasteiger partial charge in [-0.15, -0.1) is 0 Å². The molecule has 1 fully saturated rings. The summed E-state index contributed by atoms with van der Waals surface area (Å²) in [5, 5.41) is 3.06. The molecule has 0 aromatic heterocycles. The zero-order valence-corrected chi connectivity index (χ0v) is 10.0. The van der Waals surface area contributed by atoms with Gasteiger partial charge in [0.05, 0.1) is 11.0 Å². The van der Waals surface area contributed by atoms with Crippen LogP contribution in [0.2, 0.25) is 0 Å². The maximum atomic E-state index is 13.1. The van der Waals surface area contributed by atoms with Crippen molar-refractivity contribution in [2.45, 2.75) is 24.4 Å². The minimum absolute atomic E-state index is 0.0222. The summed E-state index contributed by atoms with van der Waals surface area (Å²) >= 11 is 0. The Morgan fingerprint density at radius 3 is 2.53 bits per heavy atom. The summed E-state index contributed by atoms with van der Waals surface area (Å²) in [5.74, 6) is -0.498. The number of hydrogen-bond donors (Lipinski definition) is 1. The summed E-state index contributed by atoms with van der Waals surface area (Å²) in [7, 11) is 0. The van der Waals surface area contributed by atoms with E-state index in [2.05, 4.69) is 5.32 Å². The molecule has 3 rings (SSSR count). The minimum atomic E-state index is -4.48. The number of halogens is 3. The van der Waals surface area contributed by atoms with E-state index in [0.29, 0.717) is 25.9 Å². The van der Waals surface area contributed by atoms with Crippen LogP contribution >= 0.6 is 0 Å². The summed E-state index contributed by atoms with van der Waals surface area (Å²) in [5.41, 5.74) is -1.86. The lowest BCUT2D eigenvalue weighted by Crippen LogP contribution is -2.44. The Morgan fingerprint density at radius 2 is 1.89 bits per heavy atom. The smallest absolute Gasteiger partial charge is 0.416 e. The van der Waals surface area contributed by atoms with Crippen LogP contribution in [0.5, 0.6) is 5.75 Å². The SMILES string of the molecule is O=C1Oc2cccc(C(F)(F)F)c2C12CCNCC2. The Morgan fingerprint density at radius 1 is 1.21 bits per heavy atom. The number of rotatable bonds is 0. The molecule has 1 aromatic rings. The van der Waals surface area contributed by atoms with Crippen molar-refractivity contribution in [2.75, 3.05) is 13.1 Å². The number of alkyl halides is 3. The highest BCUT2D eigenvalue weighted by molar-refractivity contribution is 5.91. The summed E-state index contributed by atoms with van der Waals surface area (Å²) in [6, 6.07) is 3.72. The first kappa shape index (κ1) is 12.5. The number of carbonyl (C=O) groups is 1. The number of nitrogens with one attached hydrogen (secondary N) is 1. The fraction of sp³-hybridized carbons (Fsp3) is 0.462. The molecular formula is C13H12F3NO2. The van der Waals surface area contributed by atoms with Gasteiger partial charge in [0.25, 0.3) is 0 Å². The normalized spacial score (nSPS) is 21.3. The van der Waals surface area contributed by atoms with Gasteiger partial charge in [-0.2, -0.15) is 13.2 Å². The second-order valence-corrected chi connectivity index (χ2v) is 4.90. The molecule has 2 heterocycles. The summed E-state index contributed by atoms with van der Waals surface area (Å²) in [6.45, 7) is 1.03. The highest BCUT2D eigenvalue weighted by atomic mass is 19.4. The van der Waals surface area contributed by atoms with Crippen LogP contribution in [0.25, 0.3) is 0 Å². The molecule has 1 saturated heterocycles. The van der Waals surface area contributed by atoms with E-state index >= 15 is 0 Å². The molecule has 1 aromatic carbocycles. The molecule has 19 heavy (non-hydrogen) atoms. The summed E-state index contributed by atoms with van der Waals surface area (Å²) in [4.78, 5) is 12.1. The first-order chi connectivity index (χ1) is 8.95. The molecule has 6 heteroatoms. The Hall–Kier alpha value is -1.56. The van der Waals surface area contributed by atoms with E-state index in [1.54, 1.807) is 0 Å². The van der Waals surface area contributed by atoms with Gasteiger partial charge in [0.1, 0.15) is 5.75 Å². The van der Waals surface area contributed by atoms with Crippen LogP contribution in [0.15, 0.2) is 18.2 Å². The Kier molecular flexibility index (Phi) is 2.60. The van der Waals surface area contributed by atoms with Crippen molar-refractivity contribution in [2.24, 2.45) is 0 Å². The molecule has 2 aliphatic rings. The van der Waals surface area contributed by atoms with Gasteiger partial charge < -0.3 is 10.1 Å². The number of piperidine rings is 1. The van der Waals surface area contributed by atoms with Crippen LogP contribution in [-0.2, 0) is 16.4 Å². The van der Waals surface area contributed by atoms with Crippen LogP contribution in [0.4, 0.5) is 13.2 Å². The third-order valence-electron chi connectivity index (χ3n) is 3.86. The second-order valence-electron chi connectivity index (χ2n) is 4.90. The van der Waals surface area contributed by atoms with Crippen molar-refractivity contribution in [1.82, 2.24) is 5.32 Å². The van der Waals surface area contributed by atoms with Crippen LogP contribution in [0.3, 0.4) is 0 Å². The van der Waals surface area contributed by atoms with Crippen molar-refractivity contribution in [3.63, 3.8) is 0 Å². The Labute approximate surface area is 107 Å². The molecule has 0 radical (unpaired) electrons. The molecule has 3 nitrogen and oxygen atoms in total. The van der Waals surface area contributed by atoms with Crippen LogP contribution in [-0.4, -0.2) is 19.1 Å². The highest BCUT2D eigenvalue weighted by Crippen LogP contribution is 2.50. The quantitative estimate of drug-likeness (QED) is 0.581. The molecule has 0 unspecified atom stereocenters. The van der Waals surface area contributed by atoms with E-state index in [1.165, 1.54) is 12.1 Å². The van der Waals surface area contributed by atoms with Crippen molar-refractivity contribution in [3.8, 4) is 5.75 Å². The third-order valence-corrected chi connectivity index (χ3v) is 3.86. The van der Waals surface area contributed by atoms with Gasteiger partial charge in [0, 0.05) is 5.56 Å². The molecule has 1 N–H and O–H groups in total. The summed E-state index contributed by atoms with van der Waals surface area (Å²) < 4.78 is 44.4. The number of ether oxygens (including phenoxy) is 1. The maximum Gasteiger partial charge on any atom is 0.416 e. The predicted octanol–water partition coefficient (Wildman–Crippen LogP) is 2.25. The molecule has 2 aliphatic heterocycles. The molecule has 0 saturated carbocycles. The maximum absolute atomic E-state index is 13.1. The average Bonchev–Trinajstić information content (AvgIpc) is 2.63. The molecule has 0 aliphatic carbocycles. The fourth-order valence-corrected chi connectivity index (χ4v) is 2.95. The first-order valence-corrected chi connectivity index (χ1v) is 6.09. The van der Waals surface area contributed by atoms with Gasteiger partial charge in [0.2, 0.25) is 0 Å². The zero-order valence-electron chi connectivity index (χ0n) is 10.0. The molecular weight excluding hydrogens is 259 g/mol. The predicted molar refractivity (Wildman–Crippen MR) is 60.9 cm³/mol. The second kappa shape index (κ2) is 3.96. The lowest BCUT2D eigenvalue weighted by molar-refractivity contribution is -0.141. The number of fused-ring (bicyclic) bond motifs is 2. The van der Waals surface area contributed by atoms with Gasteiger partial charge in [0.15, 0.2) is 0 Å². The largest absolute Gasteiger partial charge is 0.426 e. The van der Waals surface area contributed by atoms with E-state index in [0.717, 1.165) is 6.07 Å². The standard InChI is InChI=1S/C13H12F3NO2/c14-13(15,16)8-2-1-3-9-10(8)12(11(18)19-9)4-6-17-7-5-12/h1-3,17H,4-7H2. The molecule has 1 spiro atoms. The summed E-state index contributed by atoms with van der Waals surface area (Å²) in [6.07, 6.45) is -3.80. The van der Waals surface area contributed by atoms with Gasteiger partial charge in [-0.25, -0.2) is 0 Å². The van der Waals surface area contributed by atoms with E-state index < -0.39 is 23.1 Å². The lowest BCUT2D eigenvalue weighted by atomic mass is 9.72. The van der Waals surface area contributed by atoms with E-state index in [9.17, 15) is 18.0 Å². The van der Waals surface area contributed by atoms with Gasteiger partial charge in [-0.1, -0.05) is 6.07 Å². The minimum Gasteiger partial charge on any atom is -0.426 e. The van der Waals surface area contributed by atoms with E-state index in [4.69, 9.17) is 4.74 Å². The molecule has 102 valence electrons. The van der Waals surface area contributed by atoms with Crippen LogP contribution < -0.4 is 10.1 Å². The van der Waals surface area contributed by atoms with Crippen molar-refractivity contribution < 1.29 is 22.7 Å². The molecule has 0 atom stereocenters. The molecule has 0 amide bonds. The highest BCUT2D eigenvalue weighted by Gasteiger charge is 2.53. The van der Waals surface area contributed by atoms with Gasteiger partial charge in [-0.3, -0.25) is 4.79 Å². The molecule has 0 bridgehead atoms. The number of carbonyl (C=O) groups excluding carboxylic acids is 1. The van der Waals surface area contributed by atoms with Gasteiger partial charge >= 0.3 is 12.1 Å². The number of hydrogen-bond acceptors (Lipinski definition) is 3. The first-order valence-electron chi connectivity index (χ1n) is 6.09. The lowest BCUT2D eigenvalue weighted by Gasteiger charge is -2.32. The topological polar surface area (TPSA) is 38.3 Å². The third kappa shape index (κ3) is 1.74. The van der Waals surface area contributed by atoms with Gasteiger partial charge in [-0.05, 0) is 38.1 Å². The van der Waals surface area contributed by atoms with Crippen molar-refractivity contribution in [1.29, 1.82) is 0 Å². The fourth-order valence-electron chi connectivity index (χ4n) is 2.95. The van der Waals surface area contributed by atoms with Crippen molar-refractivity contribution in [3.05, 3.63) is 29.3 Å². The van der Waals surface area contributed by atoms with E-state index in [-0.39, 0.29) is 11.3 Å². The zero-order chi connectivity index (χ0) is 13.7. The number of esters is 1. The van der Waals surface area contributed by atoms with Crippen LogP contribution in [0, 0.1) is 0 Å². The Bertz CT molecular complexity index is 533. The number of benzene rings is 1. The van der Waals surface area contributed by atoms with E-state index in [1.807, 2.05) is 0 Å². The average molecular weight is 271 g/mol. The van der Waals surface area contributed by atoms with Crippen molar-refractivity contribution >= 4 is 5.97 Å². The monoisotopic (exact) mass is 271 g/mol.